The Morgan fingerprint density at radius 1 is 0.510 bits per heavy atom. The van der Waals surface area contributed by atoms with Gasteiger partial charge in [-0.1, -0.05) is 54.0 Å². The van der Waals surface area contributed by atoms with Gasteiger partial charge in [-0.25, -0.2) is 0 Å². The molecule has 0 radical (unpaired) electrons. The summed E-state index contributed by atoms with van der Waals surface area (Å²) in [5.41, 5.74) is -2.64. The van der Waals surface area contributed by atoms with Crippen molar-refractivity contribution in [1.29, 1.82) is 0 Å². The van der Waals surface area contributed by atoms with Gasteiger partial charge >= 0.3 is 23.9 Å². The van der Waals surface area contributed by atoms with Crippen LogP contribution in [0.25, 0.3) is 0 Å². The predicted octanol–water partition coefficient (Wildman–Crippen LogP) is 0.249. The SMILES string of the molecule is C=C(C)C(=O)NCC(=O)OCCOC1C2CC3C1OS(=O)(=O)C3C2.C=CC(=O)NCC(=O)OCCOC1(C)C2(C)CC3C(C2C)C1(C)OS3(=O)=O.C=CC(=O)NCC(=O)OCCOC1(C)C2CC3C1OS(=O)(=O)C3C2.C=CC(=O)NCC(=O)OCCOC1C2OS(=O)(=O)C3CC1C(C)(C)C23. The van der Waals surface area contributed by atoms with Crippen molar-refractivity contribution < 1.29 is 127 Å². The summed E-state index contributed by atoms with van der Waals surface area (Å²) in [6.07, 6.45) is 5.12. The summed E-state index contributed by atoms with van der Waals surface area (Å²) in [5, 5.41) is 7.67. The molecule has 21 atom stereocenters. The van der Waals surface area contributed by atoms with Crippen LogP contribution in [0.15, 0.2) is 50.1 Å². The Balaban J connectivity index is 0.000000156. The highest BCUT2D eigenvalue weighted by atomic mass is 32.2. The fourth-order valence-corrected chi connectivity index (χ4v) is 26.0. The Labute approximate surface area is 582 Å². The number of fused-ring (bicyclic) bond motifs is 4. The number of hydrogen-bond acceptors (Lipinski definition) is 28. The van der Waals surface area contributed by atoms with Crippen LogP contribution < -0.4 is 21.3 Å². The molecule has 0 spiro atoms. The maximum absolute atomic E-state index is 12.4. The number of esters is 4. The van der Waals surface area contributed by atoms with Crippen LogP contribution in [0.2, 0.25) is 0 Å². The highest BCUT2D eigenvalue weighted by Crippen LogP contribution is 2.74. The fraction of sp³-hybridized carbons (Fsp3) is 0.750. The van der Waals surface area contributed by atoms with Crippen LogP contribution in [0.1, 0.15) is 93.9 Å². The van der Waals surface area contributed by atoms with Crippen molar-refractivity contribution in [3.63, 3.8) is 0 Å². The average molecular weight is 1490 g/mol. The van der Waals surface area contributed by atoms with Crippen molar-refractivity contribution >= 4 is 88.0 Å². The first-order valence-corrected chi connectivity index (χ1v) is 39.1. The van der Waals surface area contributed by atoms with Crippen LogP contribution in [0.4, 0.5) is 0 Å². The molecule has 100 heavy (non-hydrogen) atoms. The quantitative estimate of drug-likeness (QED) is 0.0268. The lowest BCUT2D eigenvalue weighted by atomic mass is 9.66. The normalized spacial score (nSPS) is 38.3. The van der Waals surface area contributed by atoms with Crippen molar-refractivity contribution in [3.8, 4) is 0 Å². The lowest BCUT2D eigenvalue weighted by Crippen LogP contribution is -2.60. The van der Waals surface area contributed by atoms with Crippen LogP contribution in [0.5, 0.6) is 0 Å². The molecule has 8 bridgehead atoms. The van der Waals surface area contributed by atoms with E-state index in [1.165, 1.54) is 0 Å². The monoisotopic (exact) mass is 1490 g/mol. The zero-order chi connectivity index (χ0) is 73.7. The molecule has 4 N–H and O–H groups in total. The van der Waals surface area contributed by atoms with Crippen molar-refractivity contribution in [3.05, 3.63) is 50.1 Å². The number of carbonyl (C=O) groups excluding carboxylic acids is 8. The van der Waals surface area contributed by atoms with Crippen molar-refractivity contribution in [2.45, 2.75) is 162 Å². The van der Waals surface area contributed by atoms with Gasteiger partial charge in [0.2, 0.25) is 23.6 Å². The second kappa shape index (κ2) is 29.7. The minimum absolute atomic E-state index is 0.000229. The summed E-state index contributed by atoms with van der Waals surface area (Å²) in [4.78, 5) is 90.2. The molecule has 12 aliphatic rings. The minimum atomic E-state index is -3.61. The van der Waals surface area contributed by atoms with Gasteiger partial charge in [-0.15, -0.1) is 0 Å². The molecule has 4 amide bonds. The second-order valence-corrected chi connectivity index (χ2v) is 35.6. The van der Waals surface area contributed by atoms with Gasteiger partial charge in [-0.05, 0) is 114 Å². The topological polar surface area (TPSA) is 432 Å². The van der Waals surface area contributed by atoms with Crippen LogP contribution >= 0.6 is 0 Å². The Bertz CT molecular complexity index is 3740. The average Bonchev–Trinajstić information content (AvgIpc) is 1.48. The molecule has 4 aliphatic heterocycles. The molecule has 4 saturated heterocycles. The largest absolute Gasteiger partial charge is 0.462 e. The first kappa shape index (κ1) is 78.3. The minimum Gasteiger partial charge on any atom is -0.462 e. The van der Waals surface area contributed by atoms with Gasteiger partial charge in [0.1, 0.15) is 82.1 Å². The van der Waals surface area contributed by atoms with Gasteiger partial charge in [-0.2, -0.15) is 33.7 Å². The molecule has 12 fully saturated rings. The Kier molecular flexibility index (Phi) is 23.3. The van der Waals surface area contributed by atoms with Crippen LogP contribution in [-0.2, 0) is 133 Å². The van der Waals surface area contributed by atoms with E-state index in [1.54, 1.807) is 6.92 Å². The Hall–Kier alpha value is -5.80. The number of rotatable bonds is 28. The van der Waals surface area contributed by atoms with Crippen LogP contribution in [-0.4, -0.2) is 229 Å². The van der Waals surface area contributed by atoms with Crippen molar-refractivity contribution in [2.24, 2.45) is 58.2 Å². The maximum atomic E-state index is 12.4. The third-order valence-corrected chi connectivity index (χ3v) is 30.0. The molecule has 0 aromatic carbocycles. The summed E-state index contributed by atoms with van der Waals surface area (Å²) in [7, 11) is -14.0. The van der Waals surface area contributed by atoms with E-state index in [1.807, 2.05) is 20.8 Å². The van der Waals surface area contributed by atoms with Crippen molar-refractivity contribution in [1.82, 2.24) is 21.3 Å². The zero-order valence-corrected chi connectivity index (χ0v) is 60.4. The molecule has 36 heteroatoms. The molecule has 8 aliphatic carbocycles. The van der Waals surface area contributed by atoms with E-state index in [0.29, 0.717) is 31.3 Å². The Morgan fingerprint density at radius 2 is 0.980 bits per heavy atom. The van der Waals surface area contributed by atoms with Crippen LogP contribution in [0.3, 0.4) is 0 Å². The molecule has 21 unspecified atom stereocenters. The lowest BCUT2D eigenvalue weighted by Gasteiger charge is -2.49. The van der Waals surface area contributed by atoms with E-state index < -0.39 is 139 Å². The van der Waals surface area contributed by atoms with Gasteiger partial charge in [0.15, 0.2) is 0 Å². The standard InChI is InChI=1S/C18H27NO7S.C16H23NO7S.2C15H21NO7S/c1-6-13(20)19-10-14(21)24-7-8-25-18(5)16(3)9-12-15(11(16)2)17(18,4)26-27(12,22)23;1-4-11(18)17-8-12(19)22-5-6-23-14-9-7-10-13(16(9,2)3)15(14)24-25(10,20)21;1-8(2)15(18)16-7-12(17)21-3-4-22-13-9-5-10-11(6-9)24(19,20)23-14(10)13;1-3-12(17)16-8-13(18)21-4-5-22-15(2)9-6-10-11(7-9)24(19,20)23-14(10)15/h6,11-12,15H,1,7-10H2,2-5H3,(H,19,20);4,9-10,13-15H,1,5-8H2,2-3H3,(H,17,18);9-11,13-14H,1,3-7H2,2H3,(H,16,18);3,9-11,14H,1,4-8H2,2H3,(H,16,17). The van der Waals surface area contributed by atoms with Gasteiger partial charge in [-0.3, -0.25) is 55.1 Å². The highest BCUT2D eigenvalue weighted by molar-refractivity contribution is 7.88. The van der Waals surface area contributed by atoms with Gasteiger partial charge < -0.3 is 59.2 Å². The third-order valence-electron chi connectivity index (χ3n) is 23.0. The van der Waals surface area contributed by atoms with Gasteiger partial charge in [0.05, 0.1) is 65.2 Å². The molecule has 4 heterocycles. The van der Waals surface area contributed by atoms with E-state index in [0.717, 1.165) is 31.1 Å². The molecular formula is C64H92N4O28S4. The fourth-order valence-electron chi connectivity index (χ4n) is 17.9. The molecule has 0 aromatic rings. The second-order valence-electron chi connectivity index (χ2n) is 28.5. The number of nitrogens with one attached hydrogen (secondary N) is 4. The zero-order valence-electron chi connectivity index (χ0n) is 57.2. The maximum Gasteiger partial charge on any atom is 0.325 e. The van der Waals surface area contributed by atoms with E-state index in [2.05, 4.69) is 75.3 Å². The summed E-state index contributed by atoms with van der Waals surface area (Å²) < 4.78 is 162. The van der Waals surface area contributed by atoms with Gasteiger partial charge in [0.25, 0.3) is 40.5 Å². The van der Waals surface area contributed by atoms with E-state index in [4.69, 9.17) is 54.6 Å². The number of hydrogen-bond donors (Lipinski definition) is 4. The predicted molar refractivity (Wildman–Crippen MR) is 348 cm³/mol. The smallest absolute Gasteiger partial charge is 0.325 e. The van der Waals surface area contributed by atoms with Gasteiger partial charge in [0, 0.05) is 34.7 Å². The van der Waals surface area contributed by atoms with E-state index in [-0.39, 0.29) is 155 Å². The number of amides is 4. The van der Waals surface area contributed by atoms with E-state index >= 15 is 0 Å². The molecule has 32 nitrogen and oxygen atoms in total. The summed E-state index contributed by atoms with van der Waals surface area (Å²) in [6, 6.07) is 0. The lowest BCUT2D eigenvalue weighted by molar-refractivity contribution is -0.198. The summed E-state index contributed by atoms with van der Waals surface area (Å²) >= 11 is 0. The highest BCUT2D eigenvalue weighted by Gasteiger charge is 2.83. The Morgan fingerprint density at radius 3 is 1.51 bits per heavy atom. The van der Waals surface area contributed by atoms with E-state index in [9.17, 15) is 72.0 Å². The first-order valence-electron chi connectivity index (χ1n) is 33.2. The number of carbonyl (C=O) groups is 8. The molecule has 8 saturated carbocycles. The number of ether oxygens (including phenoxy) is 8. The van der Waals surface area contributed by atoms with Crippen molar-refractivity contribution in [2.75, 3.05) is 79.0 Å². The van der Waals surface area contributed by atoms with Crippen LogP contribution in [0, 0.1) is 58.2 Å². The molecule has 0 aromatic heterocycles. The molecule has 560 valence electrons. The summed E-state index contributed by atoms with van der Waals surface area (Å²) in [6.45, 7) is 28.4. The summed E-state index contributed by atoms with van der Waals surface area (Å²) in [5.74, 6) is -3.65. The third kappa shape index (κ3) is 15.0. The molecular weight excluding hydrogens is 1400 g/mol. The molecule has 12 rings (SSSR count). The first-order chi connectivity index (χ1) is 46.7.